The van der Waals surface area contributed by atoms with Crippen LogP contribution in [0.25, 0.3) is 0 Å². The average molecular weight is 246 g/mol. The molecule has 1 saturated carbocycles. The third-order valence-electron chi connectivity index (χ3n) is 4.44. The Morgan fingerprint density at radius 3 is 2.50 bits per heavy atom. The number of hydrogen-bond acceptors (Lipinski definition) is 2. The molecular formula is C16H26N2. The van der Waals surface area contributed by atoms with Gasteiger partial charge in [-0.25, -0.2) is 0 Å². The maximum absolute atomic E-state index is 5.99. The first-order valence-electron chi connectivity index (χ1n) is 7.09. The minimum absolute atomic E-state index is 0.366. The van der Waals surface area contributed by atoms with Gasteiger partial charge in [-0.05, 0) is 56.3 Å². The molecule has 0 amide bonds. The predicted molar refractivity (Wildman–Crippen MR) is 77.7 cm³/mol. The molecule has 0 aliphatic heterocycles. The summed E-state index contributed by atoms with van der Waals surface area (Å²) in [6.45, 7) is 6.23. The van der Waals surface area contributed by atoms with Crippen LogP contribution in [0.5, 0.6) is 0 Å². The largest absolute Gasteiger partial charge is 0.329 e. The van der Waals surface area contributed by atoms with Crippen molar-refractivity contribution in [3.63, 3.8) is 0 Å². The van der Waals surface area contributed by atoms with Crippen LogP contribution >= 0.6 is 0 Å². The number of hydrogen-bond donors (Lipinski definition) is 1. The van der Waals surface area contributed by atoms with Crippen molar-refractivity contribution >= 4 is 0 Å². The summed E-state index contributed by atoms with van der Waals surface area (Å²) in [6.07, 6.45) is 4.21. The minimum Gasteiger partial charge on any atom is -0.329 e. The summed E-state index contributed by atoms with van der Waals surface area (Å²) >= 11 is 0. The minimum atomic E-state index is 0.366. The molecule has 1 atom stereocenters. The van der Waals surface area contributed by atoms with Crippen molar-refractivity contribution in [2.45, 2.75) is 39.2 Å². The Morgan fingerprint density at radius 1 is 1.28 bits per heavy atom. The van der Waals surface area contributed by atoms with Gasteiger partial charge in [0.1, 0.15) is 0 Å². The van der Waals surface area contributed by atoms with Gasteiger partial charge in [-0.2, -0.15) is 0 Å². The van der Waals surface area contributed by atoms with Gasteiger partial charge in [-0.15, -0.1) is 0 Å². The monoisotopic (exact) mass is 246 g/mol. The number of rotatable bonds is 5. The first-order valence-corrected chi connectivity index (χ1v) is 7.09. The smallest absolute Gasteiger partial charge is 0.0467 e. The van der Waals surface area contributed by atoms with E-state index < -0.39 is 0 Å². The average Bonchev–Trinajstić information content (AvgIpc) is 2.29. The van der Waals surface area contributed by atoms with E-state index in [2.05, 4.69) is 44.0 Å². The van der Waals surface area contributed by atoms with Crippen molar-refractivity contribution in [2.24, 2.45) is 11.7 Å². The van der Waals surface area contributed by atoms with Crippen molar-refractivity contribution in [3.8, 4) is 0 Å². The Bertz CT molecular complexity index is 396. The van der Waals surface area contributed by atoms with Crippen molar-refractivity contribution in [2.75, 3.05) is 20.1 Å². The van der Waals surface area contributed by atoms with Gasteiger partial charge in [0.15, 0.2) is 0 Å². The molecule has 0 bridgehead atoms. The maximum atomic E-state index is 5.99. The van der Waals surface area contributed by atoms with Gasteiger partial charge in [0.25, 0.3) is 0 Å². The molecule has 1 unspecified atom stereocenters. The zero-order valence-electron chi connectivity index (χ0n) is 11.9. The van der Waals surface area contributed by atoms with Gasteiger partial charge in [-0.1, -0.05) is 24.6 Å². The SMILES string of the molecule is Cc1ccc(C(CN)N(C)CC2CCC2)cc1C. The Hall–Kier alpha value is -0.860. The zero-order valence-corrected chi connectivity index (χ0v) is 11.9. The van der Waals surface area contributed by atoms with Gasteiger partial charge in [0.05, 0.1) is 0 Å². The second-order valence-corrected chi connectivity index (χ2v) is 5.83. The molecule has 18 heavy (non-hydrogen) atoms. The number of nitrogens with zero attached hydrogens (tertiary/aromatic N) is 1. The second kappa shape index (κ2) is 5.85. The molecular weight excluding hydrogens is 220 g/mol. The predicted octanol–water partition coefficient (Wildman–Crippen LogP) is 3.04. The van der Waals surface area contributed by atoms with E-state index in [1.54, 1.807) is 0 Å². The number of benzene rings is 1. The molecule has 2 heteroatoms. The van der Waals surface area contributed by atoms with E-state index in [-0.39, 0.29) is 0 Å². The fourth-order valence-corrected chi connectivity index (χ4v) is 2.75. The molecule has 1 fully saturated rings. The van der Waals surface area contributed by atoms with Gasteiger partial charge in [-0.3, -0.25) is 4.90 Å². The van der Waals surface area contributed by atoms with Crippen LogP contribution in [-0.4, -0.2) is 25.0 Å². The number of aryl methyl sites for hydroxylation is 2. The quantitative estimate of drug-likeness (QED) is 0.865. The van der Waals surface area contributed by atoms with E-state index in [4.69, 9.17) is 5.73 Å². The highest BCUT2D eigenvalue weighted by Gasteiger charge is 2.23. The van der Waals surface area contributed by atoms with Crippen LogP contribution in [0.15, 0.2) is 18.2 Å². The van der Waals surface area contributed by atoms with Crippen LogP contribution in [0.2, 0.25) is 0 Å². The molecule has 2 rings (SSSR count). The van der Waals surface area contributed by atoms with Crippen LogP contribution in [0.4, 0.5) is 0 Å². The number of nitrogens with two attached hydrogens (primary N) is 1. The summed E-state index contributed by atoms with van der Waals surface area (Å²) in [5.41, 5.74) is 10.1. The highest BCUT2D eigenvalue weighted by molar-refractivity contribution is 5.31. The Morgan fingerprint density at radius 2 is 2.00 bits per heavy atom. The molecule has 2 nitrogen and oxygen atoms in total. The normalized spacial score (nSPS) is 17.8. The maximum Gasteiger partial charge on any atom is 0.0467 e. The molecule has 1 aliphatic carbocycles. The van der Waals surface area contributed by atoms with E-state index in [0.29, 0.717) is 12.6 Å². The van der Waals surface area contributed by atoms with Crippen molar-refractivity contribution in [3.05, 3.63) is 34.9 Å². The van der Waals surface area contributed by atoms with E-state index in [9.17, 15) is 0 Å². The van der Waals surface area contributed by atoms with Crippen molar-refractivity contribution < 1.29 is 0 Å². The standard InChI is InChI=1S/C16H26N2/c1-12-7-8-15(9-13(12)2)16(10-17)18(3)11-14-5-4-6-14/h7-9,14,16H,4-6,10-11,17H2,1-3H3. The van der Waals surface area contributed by atoms with Crippen LogP contribution in [0.1, 0.15) is 42.0 Å². The molecule has 2 N–H and O–H groups in total. The number of likely N-dealkylation sites (N-methyl/N-ethyl adjacent to an activating group) is 1. The summed E-state index contributed by atoms with van der Waals surface area (Å²) < 4.78 is 0. The lowest BCUT2D eigenvalue weighted by Crippen LogP contribution is -2.36. The Labute approximate surface area is 111 Å². The summed E-state index contributed by atoms with van der Waals surface area (Å²) in [5, 5.41) is 0. The van der Waals surface area contributed by atoms with Crippen LogP contribution in [0.3, 0.4) is 0 Å². The molecule has 100 valence electrons. The molecule has 1 aliphatic rings. The van der Waals surface area contributed by atoms with Crippen LogP contribution in [-0.2, 0) is 0 Å². The molecule has 0 spiro atoms. The van der Waals surface area contributed by atoms with E-state index >= 15 is 0 Å². The molecule has 0 heterocycles. The topological polar surface area (TPSA) is 29.3 Å². The van der Waals surface area contributed by atoms with E-state index in [1.165, 1.54) is 42.5 Å². The molecule has 1 aromatic rings. The molecule has 1 aromatic carbocycles. The first-order chi connectivity index (χ1) is 8.61. The molecule has 0 radical (unpaired) electrons. The third-order valence-corrected chi connectivity index (χ3v) is 4.44. The Balaban J connectivity index is 2.08. The molecule has 0 saturated heterocycles. The lowest BCUT2D eigenvalue weighted by atomic mass is 9.84. The van der Waals surface area contributed by atoms with Crippen LogP contribution < -0.4 is 5.73 Å². The lowest BCUT2D eigenvalue weighted by molar-refractivity contribution is 0.165. The summed E-state index contributed by atoms with van der Waals surface area (Å²) in [4.78, 5) is 2.44. The van der Waals surface area contributed by atoms with Crippen molar-refractivity contribution in [1.82, 2.24) is 4.90 Å². The van der Waals surface area contributed by atoms with E-state index in [1.807, 2.05) is 0 Å². The fourth-order valence-electron chi connectivity index (χ4n) is 2.75. The summed E-state index contributed by atoms with van der Waals surface area (Å²) in [6, 6.07) is 7.11. The second-order valence-electron chi connectivity index (χ2n) is 5.83. The first kappa shape index (κ1) is 13.6. The van der Waals surface area contributed by atoms with Gasteiger partial charge < -0.3 is 5.73 Å². The van der Waals surface area contributed by atoms with Crippen molar-refractivity contribution in [1.29, 1.82) is 0 Å². The summed E-state index contributed by atoms with van der Waals surface area (Å²) in [7, 11) is 2.21. The van der Waals surface area contributed by atoms with E-state index in [0.717, 1.165) is 5.92 Å². The lowest BCUT2D eigenvalue weighted by Gasteiger charge is -2.34. The molecule has 0 aromatic heterocycles. The third kappa shape index (κ3) is 2.93. The van der Waals surface area contributed by atoms with Gasteiger partial charge >= 0.3 is 0 Å². The fraction of sp³-hybridized carbons (Fsp3) is 0.625. The Kier molecular flexibility index (Phi) is 4.41. The highest BCUT2D eigenvalue weighted by Crippen LogP contribution is 2.29. The zero-order chi connectivity index (χ0) is 13.1. The highest BCUT2D eigenvalue weighted by atomic mass is 15.1. The van der Waals surface area contributed by atoms with Gasteiger partial charge in [0, 0.05) is 19.1 Å². The van der Waals surface area contributed by atoms with Gasteiger partial charge in [0.2, 0.25) is 0 Å². The summed E-state index contributed by atoms with van der Waals surface area (Å²) in [5.74, 6) is 0.899. The van der Waals surface area contributed by atoms with Crippen LogP contribution in [0, 0.1) is 19.8 Å².